The molecule has 4 saturated carbocycles. The first-order chi connectivity index (χ1) is 16.9. The number of aliphatic hydroxyl groups excluding tert-OH is 1. The van der Waals surface area contributed by atoms with Crippen molar-refractivity contribution < 1.29 is 22.9 Å². The van der Waals surface area contributed by atoms with Crippen molar-refractivity contribution in [1.29, 1.82) is 0 Å². The number of likely N-dealkylation sites (tertiary alicyclic amines) is 1. The second-order valence-corrected chi connectivity index (χ2v) is 15.5. The number of fused-ring (bicyclic) bond motifs is 5. The molecule has 1 amide bonds. The van der Waals surface area contributed by atoms with Crippen LogP contribution in [0.4, 0.5) is 0 Å². The zero-order valence-electron chi connectivity index (χ0n) is 22.7. The Morgan fingerprint density at radius 3 is 2.47 bits per heavy atom. The number of carbonyl (C=O) groups excluding carboxylic acids is 1. The van der Waals surface area contributed by atoms with Gasteiger partial charge in [0.05, 0.1) is 11.9 Å². The van der Waals surface area contributed by atoms with Crippen LogP contribution in [0, 0.1) is 46.3 Å². The molecular formula is C29H49NO5S. The fourth-order valence-corrected chi connectivity index (χ4v) is 11.3. The molecule has 2 N–H and O–H groups in total. The number of rotatable bonds is 6. The van der Waals surface area contributed by atoms with E-state index in [4.69, 9.17) is 0 Å². The molecule has 6 nitrogen and oxygen atoms in total. The Hall–Kier alpha value is -0.660. The van der Waals surface area contributed by atoms with Gasteiger partial charge in [0.25, 0.3) is 10.1 Å². The van der Waals surface area contributed by atoms with E-state index in [9.17, 15) is 22.9 Å². The lowest BCUT2D eigenvalue weighted by molar-refractivity contribution is -0.133. The van der Waals surface area contributed by atoms with Crippen LogP contribution in [0.3, 0.4) is 0 Å². The standard InChI is InChI=1S/C29H49NO5S/c1-19(6-11-27(32)30-16-4-5-21(30)18-36(33,34)35)24-9-10-25-23-8-7-20-17-22(31)12-14-28(20,2)26(23)13-15-29(24,25)3/h19-26,31H,4-18H2,1-3H3,(H,33,34,35)/t19-,20-,21+,22-,23+,24-,25+,26+,28+,29-/m1/s1. The van der Waals surface area contributed by atoms with Crippen LogP contribution in [-0.4, -0.2) is 53.3 Å². The third-order valence-corrected chi connectivity index (χ3v) is 13.1. The normalized spacial score (nSPS) is 45.6. The first kappa shape index (κ1) is 26.9. The maximum absolute atomic E-state index is 13.0. The minimum Gasteiger partial charge on any atom is -0.393 e. The molecule has 206 valence electrons. The van der Waals surface area contributed by atoms with E-state index in [0.29, 0.717) is 48.0 Å². The summed E-state index contributed by atoms with van der Waals surface area (Å²) in [6.45, 7) is 8.07. The Morgan fingerprint density at radius 2 is 1.72 bits per heavy atom. The van der Waals surface area contributed by atoms with Gasteiger partial charge in [0, 0.05) is 19.0 Å². The minimum atomic E-state index is -4.07. The van der Waals surface area contributed by atoms with Gasteiger partial charge in [0.2, 0.25) is 5.91 Å². The highest BCUT2D eigenvalue weighted by Crippen LogP contribution is 2.68. The Labute approximate surface area is 218 Å². The quantitative estimate of drug-likeness (QED) is 0.461. The lowest BCUT2D eigenvalue weighted by Crippen LogP contribution is -2.54. The van der Waals surface area contributed by atoms with Gasteiger partial charge >= 0.3 is 0 Å². The fraction of sp³-hybridized carbons (Fsp3) is 0.966. The number of amides is 1. The summed E-state index contributed by atoms with van der Waals surface area (Å²) in [5, 5.41) is 10.3. The van der Waals surface area contributed by atoms with Crippen molar-refractivity contribution in [3.8, 4) is 0 Å². The molecule has 36 heavy (non-hydrogen) atoms. The summed E-state index contributed by atoms with van der Waals surface area (Å²) in [7, 11) is -4.07. The van der Waals surface area contributed by atoms with Crippen molar-refractivity contribution in [1.82, 2.24) is 4.90 Å². The SMILES string of the molecule is C[C@H](CCC(=O)N1CCC[C@H]1CS(=O)(=O)O)[C@H]1CC[C@H]2[C@@H]3CC[C@@H]4C[C@H](O)CC[C@]4(C)[C@H]3CC[C@]12C. The van der Waals surface area contributed by atoms with Gasteiger partial charge in [-0.15, -0.1) is 0 Å². The van der Waals surface area contributed by atoms with E-state index in [1.54, 1.807) is 4.90 Å². The number of hydrogen-bond donors (Lipinski definition) is 2. The molecule has 10 atom stereocenters. The van der Waals surface area contributed by atoms with Crippen molar-refractivity contribution in [2.24, 2.45) is 46.3 Å². The monoisotopic (exact) mass is 523 g/mol. The molecule has 0 spiro atoms. The Bertz CT molecular complexity index is 938. The summed E-state index contributed by atoms with van der Waals surface area (Å²) in [5.74, 6) is 3.99. The molecule has 0 aromatic heterocycles. The van der Waals surface area contributed by atoms with Crippen molar-refractivity contribution in [2.45, 2.75) is 116 Å². The van der Waals surface area contributed by atoms with Crippen LogP contribution >= 0.6 is 0 Å². The zero-order chi connectivity index (χ0) is 25.9. The van der Waals surface area contributed by atoms with Crippen LogP contribution in [0.15, 0.2) is 0 Å². The summed E-state index contributed by atoms with van der Waals surface area (Å²) in [6.07, 6.45) is 13.8. The van der Waals surface area contributed by atoms with Crippen LogP contribution in [-0.2, 0) is 14.9 Å². The maximum Gasteiger partial charge on any atom is 0.266 e. The van der Waals surface area contributed by atoms with Crippen LogP contribution in [0.25, 0.3) is 0 Å². The lowest BCUT2D eigenvalue weighted by Gasteiger charge is -2.61. The molecule has 1 heterocycles. The third-order valence-electron chi connectivity index (χ3n) is 12.3. The fourth-order valence-electron chi connectivity index (χ4n) is 10.5. The second kappa shape index (κ2) is 9.82. The third kappa shape index (κ3) is 4.79. The summed E-state index contributed by atoms with van der Waals surface area (Å²) >= 11 is 0. The average Bonchev–Trinajstić information content (AvgIpc) is 3.40. The second-order valence-electron chi connectivity index (χ2n) is 14.0. The number of nitrogens with zero attached hydrogens (tertiary/aromatic N) is 1. The first-order valence-corrected chi connectivity index (χ1v) is 16.5. The topological polar surface area (TPSA) is 94.9 Å². The first-order valence-electron chi connectivity index (χ1n) is 14.8. The van der Waals surface area contributed by atoms with Gasteiger partial charge in [0.15, 0.2) is 0 Å². The van der Waals surface area contributed by atoms with Crippen LogP contribution in [0.2, 0.25) is 0 Å². The van der Waals surface area contributed by atoms with Crippen LogP contribution in [0.5, 0.6) is 0 Å². The molecule has 5 aliphatic rings. The van der Waals surface area contributed by atoms with Gasteiger partial charge in [-0.3, -0.25) is 9.35 Å². The molecule has 1 saturated heterocycles. The van der Waals surface area contributed by atoms with E-state index < -0.39 is 10.1 Å². The van der Waals surface area contributed by atoms with Gasteiger partial charge in [-0.1, -0.05) is 20.8 Å². The molecule has 0 unspecified atom stereocenters. The minimum absolute atomic E-state index is 0.0575. The smallest absolute Gasteiger partial charge is 0.266 e. The summed E-state index contributed by atoms with van der Waals surface area (Å²) in [4.78, 5) is 14.7. The van der Waals surface area contributed by atoms with E-state index in [1.807, 2.05) is 0 Å². The average molecular weight is 524 g/mol. The molecule has 7 heteroatoms. The number of aliphatic hydroxyl groups is 1. The summed E-state index contributed by atoms with van der Waals surface area (Å²) in [6, 6.07) is -0.371. The van der Waals surface area contributed by atoms with E-state index in [-0.39, 0.29) is 23.8 Å². The van der Waals surface area contributed by atoms with Crippen LogP contribution < -0.4 is 0 Å². The van der Waals surface area contributed by atoms with E-state index in [2.05, 4.69) is 20.8 Å². The molecule has 5 rings (SSSR count). The van der Waals surface area contributed by atoms with Gasteiger partial charge in [-0.25, -0.2) is 0 Å². The molecule has 0 bridgehead atoms. The van der Waals surface area contributed by atoms with E-state index in [0.717, 1.165) is 43.4 Å². The van der Waals surface area contributed by atoms with E-state index >= 15 is 0 Å². The maximum atomic E-state index is 13.0. The molecule has 4 aliphatic carbocycles. The number of hydrogen-bond acceptors (Lipinski definition) is 4. The highest BCUT2D eigenvalue weighted by atomic mass is 32.2. The lowest BCUT2D eigenvalue weighted by atomic mass is 9.44. The highest BCUT2D eigenvalue weighted by molar-refractivity contribution is 7.85. The van der Waals surface area contributed by atoms with Crippen molar-refractivity contribution >= 4 is 16.0 Å². The van der Waals surface area contributed by atoms with Crippen LogP contribution in [0.1, 0.15) is 104 Å². The van der Waals surface area contributed by atoms with Gasteiger partial charge in [-0.05, 0) is 123 Å². The molecule has 1 aliphatic heterocycles. The highest BCUT2D eigenvalue weighted by Gasteiger charge is 2.60. The summed E-state index contributed by atoms with van der Waals surface area (Å²) in [5.41, 5.74) is 0.774. The molecule has 0 aromatic carbocycles. The largest absolute Gasteiger partial charge is 0.393 e. The number of carbonyl (C=O) groups is 1. The predicted molar refractivity (Wildman–Crippen MR) is 141 cm³/mol. The molecule has 0 aromatic rings. The molecular weight excluding hydrogens is 474 g/mol. The van der Waals surface area contributed by atoms with Gasteiger partial charge < -0.3 is 10.0 Å². The Kier molecular flexibility index (Phi) is 7.35. The van der Waals surface area contributed by atoms with Crippen molar-refractivity contribution in [2.75, 3.05) is 12.3 Å². The van der Waals surface area contributed by atoms with Crippen molar-refractivity contribution in [3.63, 3.8) is 0 Å². The zero-order valence-corrected chi connectivity index (χ0v) is 23.5. The van der Waals surface area contributed by atoms with Crippen molar-refractivity contribution in [3.05, 3.63) is 0 Å². The molecule has 0 radical (unpaired) electrons. The van der Waals surface area contributed by atoms with E-state index in [1.165, 1.54) is 44.9 Å². The van der Waals surface area contributed by atoms with Gasteiger partial charge in [-0.2, -0.15) is 8.42 Å². The van der Waals surface area contributed by atoms with Gasteiger partial charge in [0.1, 0.15) is 0 Å². The Morgan fingerprint density at radius 1 is 1.00 bits per heavy atom. The summed E-state index contributed by atoms with van der Waals surface area (Å²) < 4.78 is 32.0. The Balaban J connectivity index is 1.21. The predicted octanol–water partition coefficient (Wildman–Crippen LogP) is 5.30. The molecule has 5 fully saturated rings.